The minimum absolute atomic E-state index is 0.0633. The van der Waals surface area contributed by atoms with Crippen LogP contribution in [-0.2, 0) is 4.79 Å². The molecule has 4 aromatic rings. The highest BCUT2D eigenvalue weighted by Crippen LogP contribution is 2.23. The number of hydrazone groups is 1. The average Bonchev–Trinajstić information content (AvgIpc) is 2.82. The number of fused-ring (bicyclic) bond motifs is 1. The topological polar surface area (TPSA) is 76.3 Å². The van der Waals surface area contributed by atoms with E-state index in [4.69, 9.17) is 0 Å². The van der Waals surface area contributed by atoms with Gasteiger partial charge in [-0.2, -0.15) is 5.10 Å². The van der Waals surface area contributed by atoms with E-state index in [1.807, 2.05) is 74.5 Å². The highest BCUT2D eigenvalue weighted by Gasteiger charge is 2.16. The molecular formula is C25H21BrN4O2S. The second kappa shape index (κ2) is 10.1. The van der Waals surface area contributed by atoms with Gasteiger partial charge in [0.2, 0.25) is 0 Å². The molecule has 0 radical (unpaired) electrons. The van der Waals surface area contributed by atoms with Gasteiger partial charge in [-0.15, -0.1) is 0 Å². The van der Waals surface area contributed by atoms with Crippen LogP contribution in [0.5, 0.6) is 0 Å². The summed E-state index contributed by atoms with van der Waals surface area (Å²) in [6.45, 7) is 3.77. The number of hydrogen-bond acceptors (Lipinski definition) is 5. The van der Waals surface area contributed by atoms with Crippen molar-refractivity contribution in [3.63, 3.8) is 0 Å². The van der Waals surface area contributed by atoms with Gasteiger partial charge in [0.15, 0.2) is 5.16 Å². The second-order valence-electron chi connectivity index (χ2n) is 7.37. The molecule has 0 aliphatic heterocycles. The zero-order valence-electron chi connectivity index (χ0n) is 18.1. The summed E-state index contributed by atoms with van der Waals surface area (Å²) in [4.78, 5) is 30.5. The van der Waals surface area contributed by atoms with Gasteiger partial charge in [0.25, 0.3) is 11.5 Å². The monoisotopic (exact) mass is 520 g/mol. The number of carbonyl (C=O) groups is 1. The summed E-state index contributed by atoms with van der Waals surface area (Å²) in [7, 11) is 0. The molecule has 0 atom stereocenters. The number of amides is 1. The van der Waals surface area contributed by atoms with Crippen LogP contribution in [0.3, 0.4) is 0 Å². The Labute approximate surface area is 203 Å². The predicted molar refractivity (Wildman–Crippen MR) is 137 cm³/mol. The largest absolute Gasteiger partial charge is 0.272 e. The smallest absolute Gasteiger partial charge is 0.266 e. The van der Waals surface area contributed by atoms with Gasteiger partial charge in [-0.3, -0.25) is 14.2 Å². The molecule has 0 saturated heterocycles. The third-order valence-corrected chi connectivity index (χ3v) is 6.51. The zero-order valence-corrected chi connectivity index (χ0v) is 20.5. The van der Waals surface area contributed by atoms with Crippen LogP contribution >= 0.6 is 27.7 Å². The first kappa shape index (κ1) is 22.9. The number of carbonyl (C=O) groups excluding carboxylic acids is 1. The Bertz CT molecular complexity index is 1410. The van der Waals surface area contributed by atoms with E-state index < -0.39 is 0 Å². The Morgan fingerprint density at radius 3 is 2.52 bits per heavy atom. The normalized spacial score (nSPS) is 11.5. The number of benzene rings is 3. The fraction of sp³-hybridized carbons (Fsp3) is 0.120. The van der Waals surface area contributed by atoms with Gasteiger partial charge >= 0.3 is 0 Å². The maximum absolute atomic E-state index is 13.3. The van der Waals surface area contributed by atoms with Gasteiger partial charge in [-0.05, 0) is 55.3 Å². The van der Waals surface area contributed by atoms with Crippen molar-refractivity contribution < 1.29 is 4.79 Å². The quantitative estimate of drug-likeness (QED) is 0.166. The van der Waals surface area contributed by atoms with Crippen LogP contribution in [-0.4, -0.2) is 26.9 Å². The Morgan fingerprint density at radius 1 is 1.06 bits per heavy atom. The zero-order chi connectivity index (χ0) is 23.4. The number of rotatable bonds is 6. The minimum Gasteiger partial charge on any atom is -0.272 e. The number of nitrogens with one attached hydrogen (secondary N) is 1. The number of aryl methyl sites for hydroxylation is 1. The molecule has 0 bridgehead atoms. The lowest BCUT2D eigenvalue weighted by Gasteiger charge is -2.14. The summed E-state index contributed by atoms with van der Waals surface area (Å²) in [5.74, 6) is -0.219. The minimum atomic E-state index is -0.282. The van der Waals surface area contributed by atoms with E-state index in [2.05, 4.69) is 31.4 Å². The highest BCUT2D eigenvalue weighted by atomic mass is 79.9. The van der Waals surface area contributed by atoms with E-state index in [0.717, 1.165) is 21.3 Å². The van der Waals surface area contributed by atoms with Gasteiger partial charge in [0.05, 0.1) is 28.1 Å². The summed E-state index contributed by atoms with van der Waals surface area (Å²) in [6.07, 6.45) is 0. The number of hydrogen-bond donors (Lipinski definition) is 1. The van der Waals surface area contributed by atoms with Crippen LogP contribution in [0.15, 0.2) is 92.3 Å². The molecule has 0 unspecified atom stereocenters. The Morgan fingerprint density at radius 2 is 1.76 bits per heavy atom. The van der Waals surface area contributed by atoms with Gasteiger partial charge in [-0.1, -0.05) is 70.2 Å². The molecule has 0 spiro atoms. The van der Waals surface area contributed by atoms with E-state index in [-0.39, 0.29) is 17.2 Å². The lowest BCUT2D eigenvalue weighted by Crippen LogP contribution is -2.25. The van der Waals surface area contributed by atoms with Crippen molar-refractivity contribution in [2.45, 2.75) is 19.0 Å². The average molecular weight is 521 g/mol. The highest BCUT2D eigenvalue weighted by molar-refractivity contribution is 9.10. The molecular weight excluding hydrogens is 500 g/mol. The molecule has 1 aromatic heterocycles. The molecule has 8 heteroatoms. The maximum atomic E-state index is 13.3. The standard InChI is InChI=1S/C25H21BrN4O2S/c1-16-7-3-6-10-22(16)30-24(32)20-8-4-5-9-21(20)27-25(30)33-15-23(31)29-28-17(2)18-11-13-19(26)14-12-18/h3-14H,15H2,1-2H3,(H,29,31). The van der Waals surface area contributed by atoms with Crippen molar-refractivity contribution in [1.82, 2.24) is 15.0 Å². The first-order chi connectivity index (χ1) is 15.9. The molecule has 0 saturated carbocycles. The SMILES string of the molecule is CC(=NNC(=O)CSc1nc2ccccc2c(=O)n1-c1ccccc1C)c1ccc(Br)cc1. The molecule has 166 valence electrons. The van der Waals surface area contributed by atoms with Crippen LogP contribution in [0.4, 0.5) is 0 Å². The number of aromatic nitrogens is 2. The van der Waals surface area contributed by atoms with Crippen LogP contribution in [0.25, 0.3) is 16.6 Å². The molecule has 4 rings (SSSR count). The first-order valence-electron chi connectivity index (χ1n) is 10.2. The molecule has 0 aliphatic rings. The van der Waals surface area contributed by atoms with Crippen LogP contribution in [0, 0.1) is 6.92 Å². The van der Waals surface area contributed by atoms with E-state index in [1.54, 1.807) is 16.7 Å². The Hall–Kier alpha value is -3.23. The van der Waals surface area contributed by atoms with Crippen molar-refractivity contribution in [2.75, 3.05) is 5.75 Å². The molecule has 1 amide bonds. The molecule has 1 heterocycles. The predicted octanol–water partition coefficient (Wildman–Crippen LogP) is 5.09. The van der Waals surface area contributed by atoms with Crippen LogP contribution in [0.1, 0.15) is 18.1 Å². The molecule has 0 aliphatic carbocycles. The number of nitrogens with zero attached hydrogens (tertiary/aromatic N) is 3. The van der Waals surface area contributed by atoms with Crippen molar-refractivity contribution in [1.29, 1.82) is 0 Å². The first-order valence-corrected chi connectivity index (χ1v) is 12.0. The van der Waals surface area contributed by atoms with E-state index in [9.17, 15) is 9.59 Å². The summed E-state index contributed by atoms with van der Waals surface area (Å²) >= 11 is 4.61. The molecule has 33 heavy (non-hydrogen) atoms. The van der Waals surface area contributed by atoms with E-state index >= 15 is 0 Å². The fourth-order valence-electron chi connectivity index (χ4n) is 3.30. The van der Waals surface area contributed by atoms with Gasteiger partial charge in [0.1, 0.15) is 0 Å². The Balaban J connectivity index is 1.59. The van der Waals surface area contributed by atoms with E-state index in [0.29, 0.717) is 21.8 Å². The summed E-state index contributed by atoms with van der Waals surface area (Å²) in [5.41, 5.74) is 6.32. The molecule has 0 fully saturated rings. The Kier molecular flexibility index (Phi) is 7.05. The summed E-state index contributed by atoms with van der Waals surface area (Å²) in [6, 6.07) is 22.5. The molecule has 1 N–H and O–H groups in total. The lowest BCUT2D eigenvalue weighted by atomic mass is 10.1. The number of thioether (sulfide) groups is 1. The fourth-order valence-corrected chi connectivity index (χ4v) is 4.36. The van der Waals surface area contributed by atoms with Crippen LogP contribution < -0.4 is 11.0 Å². The molecule has 6 nitrogen and oxygen atoms in total. The van der Waals surface area contributed by atoms with Gasteiger partial charge in [-0.25, -0.2) is 10.4 Å². The maximum Gasteiger partial charge on any atom is 0.266 e. The summed E-state index contributed by atoms with van der Waals surface area (Å²) < 4.78 is 2.55. The van der Waals surface area contributed by atoms with Gasteiger partial charge < -0.3 is 0 Å². The number of para-hydroxylation sites is 2. The third-order valence-electron chi connectivity index (χ3n) is 5.04. The third kappa shape index (κ3) is 5.23. The second-order valence-corrected chi connectivity index (χ2v) is 9.22. The van der Waals surface area contributed by atoms with Crippen molar-refractivity contribution in [3.8, 4) is 5.69 Å². The molecule has 3 aromatic carbocycles. The van der Waals surface area contributed by atoms with Crippen molar-refractivity contribution in [3.05, 3.63) is 98.7 Å². The van der Waals surface area contributed by atoms with Crippen molar-refractivity contribution >= 4 is 50.2 Å². The number of halogens is 1. The lowest BCUT2D eigenvalue weighted by molar-refractivity contribution is -0.118. The van der Waals surface area contributed by atoms with Crippen LogP contribution in [0.2, 0.25) is 0 Å². The summed E-state index contributed by atoms with van der Waals surface area (Å²) in [5, 5.41) is 5.19. The van der Waals surface area contributed by atoms with Crippen molar-refractivity contribution in [2.24, 2.45) is 5.10 Å². The van der Waals surface area contributed by atoms with E-state index in [1.165, 1.54) is 11.8 Å². The van der Waals surface area contributed by atoms with Gasteiger partial charge in [0, 0.05) is 4.47 Å².